The lowest BCUT2D eigenvalue weighted by Gasteiger charge is -2.44. The topological polar surface area (TPSA) is 42.5 Å². The molecular formula is C10H20N2O2. The fourth-order valence-corrected chi connectivity index (χ4v) is 2.33. The Kier molecular flexibility index (Phi) is 3.38. The number of hydrogen-bond acceptors (Lipinski definition) is 4. The summed E-state index contributed by atoms with van der Waals surface area (Å²) in [5.74, 6) is 0. The highest BCUT2D eigenvalue weighted by Gasteiger charge is 2.37. The zero-order chi connectivity index (χ0) is 9.86. The molecule has 0 radical (unpaired) electrons. The van der Waals surface area contributed by atoms with E-state index >= 15 is 0 Å². The van der Waals surface area contributed by atoms with Crippen molar-refractivity contribution >= 4 is 0 Å². The molecule has 2 saturated heterocycles. The van der Waals surface area contributed by atoms with E-state index in [9.17, 15) is 0 Å². The van der Waals surface area contributed by atoms with Crippen molar-refractivity contribution in [1.29, 1.82) is 0 Å². The summed E-state index contributed by atoms with van der Waals surface area (Å²) in [6.45, 7) is 3.75. The smallest absolute Gasteiger partial charge is 0.121 e. The van der Waals surface area contributed by atoms with Gasteiger partial charge in [0.05, 0.1) is 13.2 Å². The van der Waals surface area contributed by atoms with Crippen LogP contribution in [0.25, 0.3) is 0 Å². The zero-order valence-electron chi connectivity index (χ0n) is 8.84. The molecule has 2 fully saturated rings. The van der Waals surface area contributed by atoms with E-state index in [0.29, 0.717) is 6.04 Å². The van der Waals surface area contributed by atoms with Gasteiger partial charge in [-0.2, -0.15) is 0 Å². The Bertz CT molecular complexity index is 173. The second kappa shape index (κ2) is 4.57. The second-order valence-corrected chi connectivity index (χ2v) is 4.18. The van der Waals surface area contributed by atoms with Gasteiger partial charge < -0.3 is 14.8 Å². The minimum Gasteiger partial charge on any atom is -0.383 e. The molecule has 2 rings (SSSR count). The van der Waals surface area contributed by atoms with Crippen molar-refractivity contribution in [3.05, 3.63) is 0 Å². The maximum absolute atomic E-state index is 5.88. The molecule has 4 heteroatoms. The van der Waals surface area contributed by atoms with Crippen LogP contribution >= 0.6 is 0 Å². The highest BCUT2D eigenvalue weighted by atomic mass is 16.5. The number of piperidine rings is 1. The third-order valence-corrected chi connectivity index (χ3v) is 3.09. The Morgan fingerprint density at radius 1 is 1.43 bits per heavy atom. The molecule has 0 aromatic carbocycles. The monoisotopic (exact) mass is 200 g/mol. The third-order valence-electron chi connectivity index (χ3n) is 3.09. The van der Waals surface area contributed by atoms with Crippen LogP contribution in [0.5, 0.6) is 0 Å². The van der Waals surface area contributed by atoms with Crippen LogP contribution in [0.4, 0.5) is 0 Å². The van der Waals surface area contributed by atoms with Crippen molar-refractivity contribution in [3.8, 4) is 0 Å². The SMILES string of the molecule is COCC1CCOC2(CCNCC2)N1. The Hall–Kier alpha value is -0.160. The van der Waals surface area contributed by atoms with Crippen LogP contribution < -0.4 is 10.6 Å². The van der Waals surface area contributed by atoms with Gasteiger partial charge in [-0.05, 0) is 19.5 Å². The summed E-state index contributed by atoms with van der Waals surface area (Å²) >= 11 is 0. The summed E-state index contributed by atoms with van der Waals surface area (Å²) in [6.07, 6.45) is 3.18. The van der Waals surface area contributed by atoms with Crippen LogP contribution in [0, 0.1) is 0 Å². The van der Waals surface area contributed by atoms with Gasteiger partial charge in [-0.15, -0.1) is 0 Å². The van der Waals surface area contributed by atoms with E-state index in [-0.39, 0.29) is 5.72 Å². The van der Waals surface area contributed by atoms with E-state index in [1.165, 1.54) is 0 Å². The standard InChI is InChI=1S/C10H20N2O2/c1-13-8-9-2-7-14-10(12-9)3-5-11-6-4-10/h9,11-12H,2-8H2,1H3. The molecule has 82 valence electrons. The van der Waals surface area contributed by atoms with Crippen molar-refractivity contribution in [2.24, 2.45) is 0 Å². The third kappa shape index (κ3) is 2.25. The van der Waals surface area contributed by atoms with Gasteiger partial charge in [-0.25, -0.2) is 0 Å². The van der Waals surface area contributed by atoms with Gasteiger partial charge in [-0.3, -0.25) is 5.32 Å². The molecule has 1 unspecified atom stereocenters. The summed E-state index contributed by atoms with van der Waals surface area (Å²) in [4.78, 5) is 0. The van der Waals surface area contributed by atoms with Crippen molar-refractivity contribution in [2.75, 3.05) is 33.4 Å². The summed E-state index contributed by atoms with van der Waals surface area (Å²) in [7, 11) is 1.76. The molecule has 14 heavy (non-hydrogen) atoms. The first-order chi connectivity index (χ1) is 6.85. The van der Waals surface area contributed by atoms with Crippen LogP contribution in [0.1, 0.15) is 19.3 Å². The molecule has 0 aromatic rings. The molecule has 0 bridgehead atoms. The van der Waals surface area contributed by atoms with Gasteiger partial charge in [0.1, 0.15) is 5.72 Å². The average molecular weight is 200 g/mol. The Morgan fingerprint density at radius 2 is 2.21 bits per heavy atom. The Balaban J connectivity index is 1.91. The van der Waals surface area contributed by atoms with Crippen molar-refractivity contribution < 1.29 is 9.47 Å². The first kappa shape index (κ1) is 10.4. The van der Waals surface area contributed by atoms with Crippen LogP contribution in [0.15, 0.2) is 0 Å². The highest BCUT2D eigenvalue weighted by molar-refractivity contribution is 4.90. The predicted octanol–water partition coefficient (Wildman–Crippen LogP) is 0.0910. The van der Waals surface area contributed by atoms with Crippen LogP contribution in [-0.4, -0.2) is 45.2 Å². The van der Waals surface area contributed by atoms with Gasteiger partial charge in [0.2, 0.25) is 0 Å². The van der Waals surface area contributed by atoms with Gasteiger partial charge >= 0.3 is 0 Å². The highest BCUT2D eigenvalue weighted by Crippen LogP contribution is 2.25. The first-order valence-electron chi connectivity index (χ1n) is 5.46. The zero-order valence-corrected chi connectivity index (χ0v) is 8.84. The summed E-state index contributed by atoms with van der Waals surface area (Å²) in [5, 5.41) is 6.93. The van der Waals surface area contributed by atoms with Crippen LogP contribution in [0.2, 0.25) is 0 Å². The number of rotatable bonds is 2. The van der Waals surface area contributed by atoms with E-state index in [2.05, 4.69) is 10.6 Å². The van der Waals surface area contributed by atoms with Crippen molar-refractivity contribution in [1.82, 2.24) is 10.6 Å². The van der Waals surface area contributed by atoms with Crippen molar-refractivity contribution in [2.45, 2.75) is 31.0 Å². The maximum Gasteiger partial charge on any atom is 0.121 e. The molecule has 0 aliphatic carbocycles. The van der Waals surface area contributed by atoms with E-state index in [0.717, 1.165) is 45.6 Å². The molecule has 0 aromatic heterocycles. The Labute approximate surface area is 85.3 Å². The second-order valence-electron chi connectivity index (χ2n) is 4.18. The molecule has 1 spiro atoms. The van der Waals surface area contributed by atoms with Gasteiger partial charge in [0.25, 0.3) is 0 Å². The molecule has 0 amide bonds. The minimum absolute atomic E-state index is 0.0628. The lowest BCUT2D eigenvalue weighted by molar-refractivity contribution is -0.132. The average Bonchev–Trinajstić information content (AvgIpc) is 2.19. The summed E-state index contributed by atoms with van der Waals surface area (Å²) < 4.78 is 11.1. The minimum atomic E-state index is -0.0628. The predicted molar refractivity (Wildman–Crippen MR) is 54.2 cm³/mol. The molecule has 0 saturated carbocycles. The Morgan fingerprint density at radius 3 is 2.93 bits per heavy atom. The van der Waals surface area contributed by atoms with E-state index in [4.69, 9.17) is 9.47 Å². The number of methoxy groups -OCH3 is 1. The fraction of sp³-hybridized carbons (Fsp3) is 1.00. The van der Waals surface area contributed by atoms with E-state index < -0.39 is 0 Å². The normalized spacial score (nSPS) is 31.9. The quantitative estimate of drug-likeness (QED) is 0.663. The fourth-order valence-electron chi connectivity index (χ4n) is 2.33. The van der Waals surface area contributed by atoms with E-state index in [1.54, 1.807) is 7.11 Å². The largest absolute Gasteiger partial charge is 0.383 e. The van der Waals surface area contributed by atoms with Crippen LogP contribution in [-0.2, 0) is 9.47 Å². The number of hydrogen-bond donors (Lipinski definition) is 2. The number of nitrogens with one attached hydrogen (secondary N) is 2. The van der Waals surface area contributed by atoms with Crippen LogP contribution in [0.3, 0.4) is 0 Å². The molecule has 4 nitrogen and oxygen atoms in total. The van der Waals surface area contributed by atoms with E-state index in [1.807, 2.05) is 0 Å². The molecule has 2 N–H and O–H groups in total. The maximum atomic E-state index is 5.88. The lowest BCUT2D eigenvalue weighted by atomic mass is 9.98. The summed E-state index contributed by atoms with van der Waals surface area (Å²) in [5.41, 5.74) is -0.0628. The molecule has 2 aliphatic rings. The number of ether oxygens (including phenoxy) is 2. The lowest BCUT2D eigenvalue weighted by Crippen LogP contribution is -2.61. The van der Waals surface area contributed by atoms with Crippen molar-refractivity contribution in [3.63, 3.8) is 0 Å². The molecule has 2 aliphatic heterocycles. The molecule has 2 heterocycles. The summed E-state index contributed by atoms with van der Waals surface area (Å²) in [6, 6.07) is 0.465. The molecular weight excluding hydrogens is 180 g/mol. The molecule has 1 atom stereocenters. The van der Waals surface area contributed by atoms with Gasteiger partial charge in [0, 0.05) is 26.0 Å². The first-order valence-corrected chi connectivity index (χ1v) is 5.46. The van der Waals surface area contributed by atoms with Gasteiger partial charge in [-0.1, -0.05) is 0 Å². The van der Waals surface area contributed by atoms with Gasteiger partial charge in [0.15, 0.2) is 0 Å².